The van der Waals surface area contributed by atoms with E-state index in [2.05, 4.69) is 4.90 Å². The molecule has 2 nitrogen and oxygen atoms in total. The summed E-state index contributed by atoms with van der Waals surface area (Å²) in [7, 11) is 0. The van der Waals surface area contributed by atoms with Gasteiger partial charge in [-0.05, 0) is 12.3 Å². The molecule has 0 aromatic heterocycles. The first kappa shape index (κ1) is 4.69. The zero-order chi connectivity index (χ0) is 5.84. The fourth-order valence-corrected chi connectivity index (χ4v) is 2.31. The van der Waals surface area contributed by atoms with Gasteiger partial charge in [0.25, 0.3) is 0 Å². The second kappa shape index (κ2) is 1.32. The summed E-state index contributed by atoms with van der Waals surface area (Å²) in [5, 5.41) is 0. The molecule has 0 aromatic rings. The summed E-state index contributed by atoms with van der Waals surface area (Å²) in [5.41, 5.74) is 0. The molecule has 50 valence electrons. The molecule has 2 heteroatoms. The van der Waals surface area contributed by atoms with Crippen molar-refractivity contribution in [1.82, 2.24) is 4.90 Å². The van der Waals surface area contributed by atoms with E-state index >= 15 is 0 Å². The summed E-state index contributed by atoms with van der Waals surface area (Å²) in [6, 6.07) is 1.84. The van der Waals surface area contributed by atoms with Crippen LogP contribution in [-0.4, -0.2) is 36.7 Å². The van der Waals surface area contributed by atoms with Crippen LogP contribution in [0, 0.1) is 5.92 Å². The van der Waals surface area contributed by atoms with Gasteiger partial charge in [-0.1, -0.05) is 0 Å². The Kier molecular flexibility index (Phi) is 0.691. The fourth-order valence-electron chi connectivity index (χ4n) is 2.31. The molecule has 2 aliphatic heterocycles. The van der Waals surface area contributed by atoms with Crippen LogP contribution in [0.25, 0.3) is 0 Å². The Balaban J connectivity index is 1.81. The third-order valence-corrected chi connectivity index (χ3v) is 2.93. The molecule has 0 amide bonds. The third kappa shape index (κ3) is 0.447. The van der Waals surface area contributed by atoms with E-state index < -0.39 is 0 Å². The first-order chi connectivity index (χ1) is 4.47. The van der Waals surface area contributed by atoms with Crippen molar-refractivity contribution < 1.29 is 4.74 Å². The van der Waals surface area contributed by atoms with Crippen LogP contribution < -0.4 is 0 Å². The van der Waals surface area contributed by atoms with Gasteiger partial charge in [-0.3, -0.25) is 4.90 Å². The van der Waals surface area contributed by atoms with Crippen molar-refractivity contribution in [3.63, 3.8) is 0 Å². The maximum Gasteiger partial charge on any atom is 0.0625 e. The second-order valence-electron chi connectivity index (χ2n) is 3.35. The first-order valence-electron chi connectivity index (χ1n) is 3.80. The minimum atomic E-state index is 0.837. The average Bonchev–Trinajstić information content (AvgIpc) is 2.58. The number of rotatable bonds is 0. The standard InChI is InChI=1S/C7H11NO/c1-2-9-4-7-5-3-6(5)8(1)7/h5-7H,1-4H2. The van der Waals surface area contributed by atoms with Gasteiger partial charge < -0.3 is 4.74 Å². The Morgan fingerprint density at radius 2 is 2.33 bits per heavy atom. The monoisotopic (exact) mass is 125 g/mol. The van der Waals surface area contributed by atoms with Crippen LogP contribution in [0.2, 0.25) is 0 Å². The summed E-state index contributed by atoms with van der Waals surface area (Å²) in [6.07, 6.45) is 1.47. The van der Waals surface area contributed by atoms with Crippen LogP contribution in [0.3, 0.4) is 0 Å². The van der Waals surface area contributed by atoms with Gasteiger partial charge in [0.2, 0.25) is 0 Å². The number of fused-ring (bicyclic) bond motifs is 4. The molecule has 3 fully saturated rings. The summed E-state index contributed by atoms with van der Waals surface area (Å²) >= 11 is 0. The van der Waals surface area contributed by atoms with Crippen molar-refractivity contribution in [2.24, 2.45) is 5.92 Å². The van der Waals surface area contributed by atoms with Gasteiger partial charge in [0.1, 0.15) is 0 Å². The molecular weight excluding hydrogens is 114 g/mol. The van der Waals surface area contributed by atoms with Crippen LogP contribution in [0.1, 0.15) is 6.42 Å². The van der Waals surface area contributed by atoms with E-state index in [1.54, 1.807) is 0 Å². The highest BCUT2D eigenvalue weighted by Crippen LogP contribution is 2.52. The molecule has 2 saturated heterocycles. The van der Waals surface area contributed by atoms with Gasteiger partial charge in [0, 0.05) is 18.6 Å². The molecule has 9 heavy (non-hydrogen) atoms. The quantitative estimate of drug-likeness (QED) is 0.455. The molecule has 3 aliphatic rings. The minimum Gasteiger partial charge on any atom is -0.378 e. The number of nitrogens with zero attached hydrogens (tertiary/aromatic N) is 1. The van der Waals surface area contributed by atoms with E-state index in [1.807, 2.05) is 0 Å². The Hall–Kier alpha value is -0.0800. The van der Waals surface area contributed by atoms with Crippen molar-refractivity contribution in [1.29, 1.82) is 0 Å². The molecule has 2 heterocycles. The fraction of sp³-hybridized carbons (Fsp3) is 1.00. The first-order valence-corrected chi connectivity index (χ1v) is 3.80. The Morgan fingerprint density at radius 1 is 1.33 bits per heavy atom. The van der Waals surface area contributed by atoms with Crippen LogP contribution in [0.5, 0.6) is 0 Å². The molecule has 0 N–H and O–H groups in total. The minimum absolute atomic E-state index is 0.837. The van der Waals surface area contributed by atoms with Crippen molar-refractivity contribution >= 4 is 0 Å². The van der Waals surface area contributed by atoms with Crippen LogP contribution in [-0.2, 0) is 4.74 Å². The lowest BCUT2D eigenvalue weighted by molar-refractivity contribution is -0.0626. The summed E-state index contributed by atoms with van der Waals surface area (Å²) in [6.45, 7) is 3.19. The third-order valence-electron chi connectivity index (χ3n) is 2.93. The van der Waals surface area contributed by atoms with Crippen LogP contribution >= 0.6 is 0 Å². The molecule has 3 atom stereocenters. The van der Waals surface area contributed by atoms with E-state index in [-0.39, 0.29) is 0 Å². The van der Waals surface area contributed by atoms with Gasteiger partial charge in [0.05, 0.1) is 13.2 Å². The summed E-state index contributed by atoms with van der Waals surface area (Å²) in [5.74, 6) is 1.05. The average molecular weight is 125 g/mol. The molecule has 1 aliphatic carbocycles. The Morgan fingerprint density at radius 3 is 3.22 bits per heavy atom. The largest absolute Gasteiger partial charge is 0.378 e. The zero-order valence-electron chi connectivity index (χ0n) is 5.42. The SMILES string of the molecule is C1CN2C(CO1)C1CC12. The van der Waals surface area contributed by atoms with Crippen LogP contribution in [0.4, 0.5) is 0 Å². The molecule has 1 saturated carbocycles. The molecule has 3 unspecified atom stereocenters. The maximum absolute atomic E-state index is 5.36. The van der Waals surface area contributed by atoms with Gasteiger partial charge in [-0.25, -0.2) is 0 Å². The molecular formula is C7H11NO. The number of hydrogen-bond donors (Lipinski definition) is 0. The van der Waals surface area contributed by atoms with Crippen molar-refractivity contribution in [3.05, 3.63) is 0 Å². The Labute approximate surface area is 54.8 Å². The molecule has 0 aromatic carbocycles. The summed E-state index contributed by atoms with van der Waals surface area (Å²) < 4.78 is 5.36. The molecule has 0 bridgehead atoms. The van der Waals surface area contributed by atoms with Crippen LogP contribution in [0.15, 0.2) is 0 Å². The van der Waals surface area contributed by atoms with Crippen molar-refractivity contribution in [3.8, 4) is 0 Å². The highest BCUT2D eigenvalue weighted by Gasteiger charge is 2.60. The van der Waals surface area contributed by atoms with E-state index in [0.29, 0.717) is 0 Å². The molecule has 0 radical (unpaired) electrons. The van der Waals surface area contributed by atoms with Gasteiger partial charge >= 0.3 is 0 Å². The number of hydrogen-bond acceptors (Lipinski definition) is 2. The topological polar surface area (TPSA) is 12.5 Å². The predicted octanol–water partition coefficient (Wildman–Crippen LogP) is 0.0893. The Bertz CT molecular complexity index is 132. The second-order valence-corrected chi connectivity index (χ2v) is 3.35. The molecule has 3 rings (SSSR count). The van der Waals surface area contributed by atoms with Crippen molar-refractivity contribution in [2.75, 3.05) is 19.8 Å². The van der Waals surface area contributed by atoms with E-state index in [4.69, 9.17) is 4.74 Å². The normalized spacial score (nSPS) is 55.3. The number of ether oxygens (including phenoxy) is 1. The predicted molar refractivity (Wildman–Crippen MR) is 33.2 cm³/mol. The maximum atomic E-state index is 5.36. The summed E-state index contributed by atoms with van der Waals surface area (Å²) in [4.78, 5) is 2.61. The highest BCUT2D eigenvalue weighted by molar-refractivity contribution is 5.14. The number of morpholine rings is 1. The lowest BCUT2D eigenvalue weighted by Gasteiger charge is -2.43. The smallest absolute Gasteiger partial charge is 0.0625 e. The van der Waals surface area contributed by atoms with Crippen molar-refractivity contribution in [2.45, 2.75) is 18.5 Å². The lowest BCUT2D eigenvalue weighted by atomic mass is 10.0. The zero-order valence-corrected chi connectivity index (χ0v) is 5.42. The van der Waals surface area contributed by atoms with E-state index in [9.17, 15) is 0 Å². The van der Waals surface area contributed by atoms with E-state index in [1.165, 1.54) is 13.0 Å². The lowest BCUT2D eigenvalue weighted by Crippen LogP contribution is -2.56. The van der Waals surface area contributed by atoms with Gasteiger partial charge in [-0.2, -0.15) is 0 Å². The van der Waals surface area contributed by atoms with Gasteiger partial charge in [-0.15, -0.1) is 0 Å². The highest BCUT2D eigenvalue weighted by atomic mass is 16.5. The molecule has 0 spiro atoms. The van der Waals surface area contributed by atoms with E-state index in [0.717, 1.165) is 31.2 Å². The van der Waals surface area contributed by atoms with Gasteiger partial charge in [0.15, 0.2) is 0 Å².